The molecular weight excluding hydrogens is 277 g/mol. The normalized spacial score (nSPS) is 23.2. The summed E-state index contributed by atoms with van der Waals surface area (Å²) in [6.07, 6.45) is 3.32. The van der Waals surface area contributed by atoms with Gasteiger partial charge in [0.15, 0.2) is 9.84 Å². The molecule has 0 bridgehead atoms. The molecule has 1 aliphatic carbocycles. The van der Waals surface area contributed by atoms with E-state index in [0.29, 0.717) is 18.8 Å². The first-order valence-corrected chi connectivity index (χ1v) is 8.54. The fourth-order valence-corrected chi connectivity index (χ4v) is 4.89. The Morgan fingerprint density at radius 2 is 2.15 bits per heavy atom. The van der Waals surface area contributed by atoms with Gasteiger partial charge >= 0.3 is 0 Å². The minimum Gasteiger partial charge on any atom is -0.228 e. The van der Waals surface area contributed by atoms with Crippen molar-refractivity contribution in [2.45, 2.75) is 43.6 Å². The molecule has 1 aromatic rings. The molecule has 20 heavy (non-hydrogen) atoms. The minimum atomic E-state index is -3.34. The van der Waals surface area contributed by atoms with Crippen LogP contribution >= 0.6 is 0 Å². The minimum absolute atomic E-state index is 0.235. The highest BCUT2D eigenvalue weighted by Gasteiger charge is 2.30. The van der Waals surface area contributed by atoms with E-state index < -0.39 is 15.7 Å². The highest BCUT2D eigenvalue weighted by atomic mass is 32.2. The Balaban J connectivity index is 2.24. The Hall–Kier alpha value is -1.41. The average Bonchev–Trinajstić information content (AvgIpc) is 2.38. The molecule has 5 heteroatoms. The third kappa shape index (κ3) is 3.37. The predicted molar refractivity (Wildman–Crippen MR) is 75.2 cm³/mol. The fraction of sp³-hybridized carbons (Fsp3) is 0.533. The maximum Gasteiger partial charge on any atom is 0.157 e. The lowest BCUT2D eigenvalue weighted by Gasteiger charge is -2.26. The molecule has 0 heterocycles. The highest BCUT2D eigenvalue weighted by molar-refractivity contribution is 7.91. The van der Waals surface area contributed by atoms with Crippen LogP contribution in [0.5, 0.6) is 0 Å². The smallest absolute Gasteiger partial charge is 0.157 e. The summed E-state index contributed by atoms with van der Waals surface area (Å²) in [5.74, 6) is -0.344. The summed E-state index contributed by atoms with van der Waals surface area (Å²) in [4.78, 5) is 0. The van der Waals surface area contributed by atoms with Gasteiger partial charge in [0, 0.05) is 0 Å². The SMILES string of the molecule is CC1CCCC(S(=O)(=O)Cc2cc(F)ccc2C#N)C1. The molecule has 1 saturated carbocycles. The molecule has 2 rings (SSSR count). The van der Waals surface area contributed by atoms with E-state index in [2.05, 4.69) is 6.92 Å². The first kappa shape index (κ1) is 15.0. The number of nitrogens with zero attached hydrogens (tertiary/aromatic N) is 1. The van der Waals surface area contributed by atoms with Crippen molar-refractivity contribution in [3.8, 4) is 6.07 Å². The van der Waals surface area contributed by atoms with Gasteiger partial charge in [0.1, 0.15) is 5.82 Å². The number of hydrogen-bond acceptors (Lipinski definition) is 3. The zero-order valence-electron chi connectivity index (χ0n) is 11.5. The van der Waals surface area contributed by atoms with E-state index in [9.17, 15) is 12.8 Å². The maximum absolute atomic E-state index is 13.3. The zero-order valence-corrected chi connectivity index (χ0v) is 12.3. The standard InChI is InChI=1S/C15H18FNO2S/c1-11-3-2-4-15(7-11)20(18,19)10-13-8-14(16)6-5-12(13)9-17/h5-6,8,11,15H,2-4,7,10H2,1H3. The first-order valence-electron chi connectivity index (χ1n) is 6.82. The van der Waals surface area contributed by atoms with E-state index in [0.717, 1.165) is 18.9 Å². The molecule has 0 radical (unpaired) electrons. The summed E-state index contributed by atoms with van der Waals surface area (Å²) in [6.45, 7) is 2.06. The Bertz CT molecular complexity index is 634. The van der Waals surface area contributed by atoms with Gasteiger partial charge in [-0.25, -0.2) is 12.8 Å². The van der Waals surface area contributed by atoms with Gasteiger partial charge in [0.05, 0.1) is 22.6 Å². The summed E-state index contributed by atoms with van der Waals surface area (Å²) in [6, 6.07) is 5.60. The summed E-state index contributed by atoms with van der Waals surface area (Å²) in [5, 5.41) is 8.63. The van der Waals surface area contributed by atoms with Gasteiger partial charge in [-0.1, -0.05) is 19.8 Å². The van der Waals surface area contributed by atoms with Crippen LogP contribution < -0.4 is 0 Å². The lowest BCUT2D eigenvalue weighted by atomic mass is 9.91. The molecule has 0 amide bonds. The monoisotopic (exact) mass is 295 g/mol. The molecule has 1 aliphatic rings. The predicted octanol–water partition coefficient (Wildman–Crippen LogP) is 3.19. The third-order valence-electron chi connectivity index (χ3n) is 3.94. The zero-order chi connectivity index (χ0) is 14.8. The molecule has 0 spiro atoms. The lowest BCUT2D eigenvalue weighted by molar-refractivity contribution is 0.382. The van der Waals surface area contributed by atoms with Gasteiger partial charge in [-0.3, -0.25) is 0 Å². The van der Waals surface area contributed by atoms with Crippen molar-refractivity contribution < 1.29 is 12.8 Å². The lowest BCUT2D eigenvalue weighted by Crippen LogP contribution is -2.28. The largest absolute Gasteiger partial charge is 0.228 e. The first-order chi connectivity index (χ1) is 9.42. The molecule has 0 aliphatic heterocycles. The topological polar surface area (TPSA) is 57.9 Å². The van der Waals surface area contributed by atoms with Crippen LogP contribution in [0.1, 0.15) is 43.7 Å². The van der Waals surface area contributed by atoms with Crippen LogP contribution in [-0.4, -0.2) is 13.7 Å². The van der Waals surface area contributed by atoms with Crippen molar-refractivity contribution in [2.24, 2.45) is 5.92 Å². The summed E-state index contributed by atoms with van der Waals surface area (Å²) in [5.41, 5.74) is 0.504. The molecule has 108 valence electrons. The maximum atomic E-state index is 13.3. The number of nitriles is 1. The molecule has 0 N–H and O–H groups in total. The van der Waals surface area contributed by atoms with E-state index in [4.69, 9.17) is 5.26 Å². The third-order valence-corrected chi connectivity index (χ3v) is 6.10. The number of sulfone groups is 1. The Morgan fingerprint density at radius 1 is 1.40 bits per heavy atom. The average molecular weight is 295 g/mol. The van der Waals surface area contributed by atoms with E-state index in [1.165, 1.54) is 12.1 Å². The van der Waals surface area contributed by atoms with E-state index in [1.54, 1.807) is 0 Å². The fourth-order valence-electron chi connectivity index (χ4n) is 2.83. The number of hydrogen-bond donors (Lipinski definition) is 0. The summed E-state index contributed by atoms with van der Waals surface area (Å²) in [7, 11) is -3.34. The van der Waals surface area contributed by atoms with Gasteiger partial charge < -0.3 is 0 Å². The quantitative estimate of drug-likeness (QED) is 0.860. The summed E-state index contributed by atoms with van der Waals surface area (Å²) < 4.78 is 38.2. The van der Waals surface area contributed by atoms with Crippen LogP contribution in [0.15, 0.2) is 18.2 Å². The van der Waals surface area contributed by atoms with Crippen molar-refractivity contribution in [1.29, 1.82) is 5.26 Å². The van der Waals surface area contributed by atoms with Gasteiger partial charge in [-0.15, -0.1) is 0 Å². The van der Waals surface area contributed by atoms with Crippen LogP contribution in [0.25, 0.3) is 0 Å². The molecule has 2 atom stereocenters. The molecule has 1 fully saturated rings. The van der Waals surface area contributed by atoms with Crippen LogP contribution in [0, 0.1) is 23.1 Å². The molecule has 2 unspecified atom stereocenters. The Morgan fingerprint density at radius 3 is 2.80 bits per heavy atom. The van der Waals surface area contributed by atoms with Crippen molar-refractivity contribution in [1.82, 2.24) is 0 Å². The van der Waals surface area contributed by atoms with Crippen LogP contribution in [0.4, 0.5) is 4.39 Å². The number of benzene rings is 1. The molecule has 3 nitrogen and oxygen atoms in total. The van der Waals surface area contributed by atoms with Crippen LogP contribution in [0.2, 0.25) is 0 Å². The molecule has 0 saturated heterocycles. The van der Waals surface area contributed by atoms with Gasteiger partial charge in [0.25, 0.3) is 0 Å². The van der Waals surface area contributed by atoms with E-state index in [1.807, 2.05) is 6.07 Å². The van der Waals surface area contributed by atoms with Gasteiger partial charge in [-0.05, 0) is 42.5 Å². The van der Waals surface area contributed by atoms with Gasteiger partial charge in [-0.2, -0.15) is 5.26 Å². The number of halogens is 1. The van der Waals surface area contributed by atoms with E-state index in [-0.39, 0.29) is 22.1 Å². The second kappa shape index (κ2) is 5.92. The van der Waals surface area contributed by atoms with Crippen molar-refractivity contribution in [3.05, 3.63) is 35.1 Å². The molecular formula is C15H18FNO2S. The highest BCUT2D eigenvalue weighted by Crippen LogP contribution is 2.30. The van der Waals surface area contributed by atoms with Crippen molar-refractivity contribution >= 4 is 9.84 Å². The van der Waals surface area contributed by atoms with Crippen LogP contribution in [0.3, 0.4) is 0 Å². The van der Waals surface area contributed by atoms with Crippen molar-refractivity contribution in [3.63, 3.8) is 0 Å². The van der Waals surface area contributed by atoms with E-state index >= 15 is 0 Å². The second-order valence-electron chi connectivity index (χ2n) is 5.61. The van der Waals surface area contributed by atoms with Crippen molar-refractivity contribution in [2.75, 3.05) is 0 Å². The summed E-state index contributed by atoms with van der Waals surface area (Å²) >= 11 is 0. The molecule has 1 aromatic carbocycles. The van der Waals surface area contributed by atoms with Gasteiger partial charge in [0.2, 0.25) is 0 Å². The molecule has 0 aromatic heterocycles. The van der Waals surface area contributed by atoms with Crippen LogP contribution in [-0.2, 0) is 15.6 Å². The number of rotatable bonds is 3. The second-order valence-corrected chi connectivity index (χ2v) is 7.90. The Labute approximate surface area is 119 Å². The Kier molecular flexibility index (Phi) is 4.44.